The molecule has 6 heteroatoms. The van der Waals surface area contributed by atoms with Gasteiger partial charge in [0.15, 0.2) is 0 Å². The van der Waals surface area contributed by atoms with Crippen LogP contribution in [0.3, 0.4) is 0 Å². The van der Waals surface area contributed by atoms with E-state index in [2.05, 4.69) is 11.9 Å². The fourth-order valence-corrected chi connectivity index (χ4v) is 1.04. The first-order valence-electron chi connectivity index (χ1n) is 4.79. The SMILES string of the molecule is C=CCNC(=O)N(CCC#N)C(C)C(=O)O. The average molecular weight is 225 g/mol. The van der Waals surface area contributed by atoms with E-state index in [-0.39, 0.29) is 19.5 Å². The lowest BCUT2D eigenvalue weighted by molar-refractivity contribution is -0.141. The minimum atomic E-state index is -1.10. The molecule has 0 rings (SSSR count). The van der Waals surface area contributed by atoms with Gasteiger partial charge in [-0.2, -0.15) is 5.26 Å². The van der Waals surface area contributed by atoms with E-state index in [4.69, 9.17) is 10.4 Å². The third-order valence-electron chi connectivity index (χ3n) is 1.95. The van der Waals surface area contributed by atoms with Crippen molar-refractivity contribution in [1.29, 1.82) is 5.26 Å². The van der Waals surface area contributed by atoms with Gasteiger partial charge in [0.2, 0.25) is 0 Å². The van der Waals surface area contributed by atoms with Crippen LogP contribution in [0.25, 0.3) is 0 Å². The van der Waals surface area contributed by atoms with Crippen LogP contribution in [0.5, 0.6) is 0 Å². The highest BCUT2D eigenvalue weighted by molar-refractivity contribution is 5.82. The first kappa shape index (κ1) is 14.0. The van der Waals surface area contributed by atoms with Gasteiger partial charge in [-0.25, -0.2) is 9.59 Å². The predicted octanol–water partition coefficient (Wildman–Crippen LogP) is 0.571. The van der Waals surface area contributed by atoms with Crippen LogP contribution in [0.4, 0.5) is 4.79 Å². The van der Waals surface area contributed by atoms with Gasteiger partial charge in [-0.15, -0.1) is 6.58 Å². The molecule has 0 aromatic heterocycles. The first-order valence-corrected chi connectivity index (χ1v) is 4.79. The maximum absolute atomic E-state index is 11.5. The zero-order chi connectivity index (χ0) is 12.6. The summed E-state index contributed by atoms with van der Waals surface area (Å²) in [6.45, 7) is 5.18. The van der Waals surface area contributed by atoms with Crippen molar-refractivity contribution in [3.05, 3.63) is 12.7 Å². The van der Waals surface area contributed by atoms with Crippen LogP contribution in [0.15, 0.2) is 12.7 Å². The molecule has 0 aliphatic carbocycles. The lowest BCUT2D eigenvalue weighted by atomic mass is 10.3. The Kier molecular flexibility index (Phi) is 6.36. The molecule has 2 amide bonds. The van der Waals surface area contributed by atoms with Crippen molar-refractivity contribution in [2.45, 2.75) is 19.4 Å². The zero-order valence-electron chi connectivity index (χ0n) is 9.14. The van der Waals surface area contributed by atoms with Crippen LogP contribution in [0.1, 0.15) is 13.3 Å². The highest BCUT2D eigenvalue weighted by atomic mass is 16.4. The summed E-state index contributed by atoms with van der Waals surface area (Å²) in [4.78, 5) is 23.4. The molecule has 0 aliphatic rings. The van der Waals surface area contributed by atoms with Crippen LogP contribution < -0.4 is 5.32 Å². The smallest absolute Gasteiger partial charge is 0.326 e. The van der Waals surface area contributed by atoms with Crippen molar-refractivity contribution in [2.24, 2.45) is 0 Å². The number of urea groups is 1. The Bertz CT molecular complexity index is 309. The Labute approximate surface area is 94.2 Å². The molecule has 1 unspecified atom stereocenters. The highest BCUT2D eigenvalue weighted by Gasteiger charge is 2.24. The van der Waals surface area contributed by atoms with Crippen LogP contribution in [0.2, 0.25) is 0 Å². The molecule has 16 heavy (non-hydrogen) atoms. The molecule has 88 valence electrons. The summed E-state index contributed by atoms with van der Waals surface area (Å²) in [5.74, 6) is -1.10. The van der Waals surface area contributed by atoms with Gasteiger partial charge >= 0.3 is 12.0 Å². The number of rotatable bonds is 6. The molecule has 6 nitrogen and oxygen atoms in total. The number of amides is 2. The van der Waals surface area contributed by atoms with Gasteiger partial charge in [0.05, 0.1) is 12.5 Å². The summed E-state index contributed by atoms with van der Waals surface area (Å²) in [5, 5.41) is 19.7. The molecule has 0 aromatic rings. The van der Waals surface area contributed by atoms with E-state index < -0.39 is 18.0 Å². The van der Waals surface area contributed by atoms with Crippen molar-refractivity contribution < 1.29 is 14.7 Å². The fraction of sp³-hybridized carbons (Fsp3) is 0.500. The molecule has 0 saturated heterocycles. The highest BCUT2D eigenvalue weighted by Crippen LogP contribution is 2.01. The number of carbonyl (C=O) groups excluding carboxylic acids is 1. The van der Waals surface area contributed by atoms with E-state index in [0.717, 1.165) is 4.90 Å². The normalized spacial score (nSPS) is 11.0. The summed E-state index contributed by atoms with van der Waals surface area (Å²) in [5.41, 5.74) is 0. The van der Waals surface area contributed by atoms with Gasteiger partial charge in [0, 0.05) is 13.1 Å². The Hall–Kier alpha value is -2.03. The second-order valence-corrected chi connectivity index (χ2v) is 3.09. The molecule has 0 aliphatic heterocycles. The molecule has 2 N–H and O–H groups in total. The second kappa shape index (κ2) is 7.29. The third kappa shape index (κ3) is 4.46. The monoisotopic (exact) mass is 225 g/mol. The summed E-state index contributed by atoms with van der Waals surface area (Å²) < 4.78 is 0. The molecular formula is C10H15N3O3. The van der Waals surface area contributed by atoms with Crippen molar-refractivity contribution in [3.63, 3.8) is 0 Å². The van der Waals surface area contributed by atoms with Gasteiger partial charge in [-0.3, -0.25) is 0 Å². The van der Waals surface area contributed by atoms with Crippen molar-refractivity contribution in [2.75, 3.05) is 13.1 Å². The summed E-state index contributed by atoms with van der Waals surface area (Å²) >= 11 is 0. The number of nitrogens with one attached hydrogen (secondary N) is 1. The van der Waals surface area contributed by atoms with Crippen molar-refractivity contribution >= 4 is 12.0 Å². The molecule has 1 atom stereocenters. The predicted molar refractivity (Wildman–Crippen MR) is 57.6 cm³/mol. The van der Waals surface area contributed by atoms with Crippen LogP contribution in [-0.4, -0.2) is 41.1 Å². The first-order chi connectivity index (χ1) is 7.54. The Balaban J connectivity index is 4.52. The minimum absolute atomic E-state index is 0.0902. The van der Waals surface area contributed by atoms with Gasteiger partial charge in [-0.05, 0) is 6.92 Å². The van der Waals surface area contributed by atoms with E-state index >= 15 is 0 Å². The van der Waals surface area contributed by atoms with E-state index in [9.17, 15) is 9.59 Å². The summed E-state index contributed by atoms with van der Waals surface area (Å²) in [6, 6.07) is 0.399. The molecular weight excluding hydrogens is 210 g/mol. The van der Waals surface area contributed by atoms with Gasteiger partial charge in [0.25, 0.3) is 0 Å². The van der Waals surface area contributed by atoms with Gasteiger partial charge < -0.3 is 15.3 Å². The summed E-state index contributed by atoms with van der Waals surface area (Å²) in [7, 11) is 0. The third-order valence-corrected chi connectivity index (χ3v) is 1.95. The molecule has 0 spiro atoms. The Morgan fingerprint density at radius 2 is 2.31 bits per heavy atom. The fourth-order valence-electron chi connectivity index (χ4n) is 1.04. The van der Waals surface area contributed by atoms with E-state index in [1.165, 1.54) is 13.0 Å². The number of carboxylic acids is 1. The van der Waals surface area contributed by atoms with Crippen LogP contribution in [0, 0.1) is 11.3 Å². The Morgan fingerprint density at radius 3 is 2.75 bits per heavy atom. The quantitative estimate of drug-likeness (QED) is 0.646. The average Bonchev–Trinajstić information content (AvgIpc) is 2.26. The van der Waals surface area contributed by atoms with E-state index in [1.54, 1.807) is 0 Å². The number of hydrogen-bond donors (Lipinski definition) is 2. The molecule has 0 heterocycles. The lowest BCUT2D eigenvalue weighted by Gasteiger charge is -2.25. The largest absolute Gasteiger partial charge is 0.480 e. The van der Waals surface area contributed by atoms with Crippen LogP contribution in [-0.2, 0) is 4.79 Å². The van der Waals surface area contributed by atoms with Crippen LogP contribution >= 0.6 is 0 Å². The second-order valence-electron chi connectivity index (χ2n) is 3.09. The number of carboxylic acid groups (broad SMARTS) is 1. The standard InChI is InChI=1S/C10H15N3O3/c1-3-6-12-10(16)13(7-4-5-11)8(2)9(14)15/h3,8H,1,4,6-7H2,2H3,(H,12,16)(H,14,15). The molecule has 0 saturated carbocycles. The van der Waals surface area contributed by atoms with Gasteiger partial charge in [0.1, 0.15) is 6.04 Å². The number of nitriles is 1. The lowest BCUT2D eigenvalue weighted by Crippen LogP contribution is -2.48. The van der Waals surface area contributed by atoms with E-state index in [0.29, 0.717) is 0 Å². The maximum atomic E-state index is 11.5. The Morgan fingerprint density at radius 1 is 1.69 bits per heavy atom. The molecule has 0 radical (unpaired) electrons. The maximum Gasteiger partial charge on any atom is 0.326 e. The van der Waals surface area contributed by atoms with Gasteiger partial charge in [-0.1, -0.05) is 6.08 Å². The minimum Gasteiger partial charge on any atom is -0.480 e. The number of carbonyl (C=O) groups is 2. The van der Waals surface area contributed by atoms with Crippen molar-refractivity contribution in [3.8, 4) is 6.07 Å². The van der Waals surface area contributed by atoms with Crippen molar-refractivity contribution in [1.82, 2.24) is 10.2 Å². The molecule has 0 fully saturated rings. The molecule has 0 bridgehead atoms. The topological polar surface area (TPSA) is 93.4 Å². The number of hydrogen-bond acceptors (Lipinski definition) is 3. The zero-order valence-corrected chi connectivity index (χ0v) is 9.14. The van der Waals surface area contributed by atoms with E-state index in [1.807, 2.05) is 6.07 Å². The number of nitrogens with zero attached hydrogens (tertiary/aromatic N) is 2. The molecule has 0 aromatic carbocycles. The summed E-state index contributed by atoms with van der Waals surface area (Å²) in [6.07, 6.45) is 1.59. The number of aliphatic carboxylic acids is 1.